The maximum Gasteiger partial charge on any atom is 0.225 e. The predicted molar refractivity (Wildman–Crippen MR) is 89.2 cm³/mol. The second-order valence-corrected chi connectivity index (χ2v) is 5.83. The van der Waals surface area contributed by atoms with E-state index >= 15 is 0 Å². The molecule has 4 rings (SSSR count). The number of rotatable bonds is 2. The minimum atomic E-state index is 0.119. The molecule has 0 unspecified atom stereocenters. The van der Waals surface area contributed by atoms with Crippen LogP contribution in [0.2, 0.25) is 5.02 Å². The molecular formula is C18H14ClN3. The average Bonchev–Trinajstić information content (AvgIpc) is 2.89. The van der Waals surface area contributed by atoms with Crippen LogP contribution in [0.3, 0.4) is 0 Å². The molecule has 0 spiro atoms. The van der Waals surface area contributed by atoms with Gasteiger partial charge in [0.15, 0.2) is 0 Å². The Morgan fingerprint density at radius 2 is 1.36 bits per heavy atom. The summed E-state index contributed by atoms with van der Waals surface area (Å²) in [6, 6.07) is 17.1. The molecule has 108 valence electrons. The van der Waals surface area contributed by atoms with E-state index in [-0.39, 0.29) is 6.04 Å². The number of fused-ring (bicyclic) bond motifs is 3. The normalized spacial score (nSPS) is 12.8. The van der Waals surface area contributed by atoms with E-state index in [1.165, 1.54) is 22.3 Å². The van der Waals surface area contributed by atoms with Crippen LogP contribution < -0.4 is 4.90 Å². The predicted octanol–water partition coefficient (Wildman–Crippen LogP) is 4.34. The van der Waals surface area contributed by atoms with Gasteiger partial charge in [-0.25, -0.2) is 9.97 Å². The van der Waals surface area contributed by atoms with Crippen LogP contribution in [0.4, 0.5) is 5.95 Å². The lowest BCUT2D eigenvalue weighted by molar-refractivity contribution is 0.769. The number of halogens is 1. The summed E-state index contributed by atoms with van der Waals surface area (Å²) in [4.78, 5) is 10.8. The highest BCUT2D eigenvalue weighted by Crippen LogP contribution is 2.46. The first-order valence-electron chi connectivity index (χ1n) is 7.14. The van der Waals surface area contributed by atoms with Crippen molar-refractivity contribution in [2.45, 2.75) is 6.04 Å². The van der Waals surface area contributed by atoms with Gasteiger partial charge in [-0.05, 0) is 22.3 Å². The van der Waals surface area contributed by atoms with Crippen molar-refractivity contribution in [2.24, 2.45) is 0 Å². The number of hydrogen-bond donors (Lipinski definition) is 0. The third kappa shape index (κ3) is 1.97. The zero-order valence-corrected chi connectivity index (χ0v) is 12.8. The second kappa shape index (κ2) is 5.11. The van der Waals surface area contributed by atoms with Crippen molar-refractivity contribution in [3.8, 4) is 11.1 Å². The van der Waals surface area contributed by atoms with Crippen molar-refractivity contribution < 1.29 is 0 Å². The summed E-state index contributed by atoms with van der Waals surface area (Å²) in [5.41, 5.74) is 5.13. The van der Waals surface area contributed by atoms with Crippen LogP contribution >= 0.6 is 11.6 Å². The van der Waals surface area contributed by atoms with Gasteiger partial charge >= 0.3 is 0 Å². The molecule has 1 aromatic heterocycles. The van der Waals surface area contributed by atoms with Crippen LogP contribution in [0.5, 0.6) is 0 Å². The molecule has 0 saturated heterocycles. The van der Waals surface area contributed by atoms with Gasteiger partial charge in [0.2, 0.25) is 5.95 Å². The molecule has 0 bridgehead atoms. The maximum absolute atomic E-state index is 5.89. The summed E-state index contributed by atoms with van der Waals surface area (Å²) in [6.07, 6.45) is 3.26. The first-order chi connectivity index (χ1) is 10.8. The Balaban J connectivity index is 1.86. The maximum atomic E-state index is 5.89. The van der Waals surface area contributed by atoms with Crippen molar-refractivity contribution in [3.63, 3.8) is 0 Å². The lowest BCUT2D eigenvalue weighted by Gasteiger charge is -2.26. The molecule has 22 heavy (non-hydrogen) atoms. The van der Waals surface area contributed by atoms with Gasteiger partial charge in [0.05, 0.1) is 23.5 Å². The fourth-order valence-electron chi connectivity index (χ4n) is 3.15. The van der Waals surface area contributed by atoms with Crippen LogP contribution in [0.25, 0.3) is 11.1 Å². The smallest absolute Gasteiger partial charge is 0.225 e. The number of hydrogen-bond acceptors (Lipinski definition) is 3. The fraction of sp³-hybridized carbons (Fsp3) is 0.111. The SMILES string of the molecule is CN(c1ncc(Cl)cn1)C1c2ccccc2-c2ccccc21. The van der Waals surface area contributed by atoms with E-state index in [0.717, 1.165) is 0 Å². The molecule has 1 aliphatic rings. The molecule has 0 atom stereocenters. The summed E-state index contributed by atoms with van der Waals surface area (Å²) in [6.45, 7) is 0. The summed E-state index contributed by atoms with van der Waals surface area (Å²) in [5.74, 6) is 0.668. The molecule has 0 N–H and O–H groups in total. The zero-order valence-electron chi connectivity index (χ0n) is 12.1. The Bertz CT molecular complexity index is 784. The standard InChI is InChI=1S/C18H14ClN3/c1-22(18-20-10-12(19)11-21-18)17-15-8-4-2-6-13(15)14-7-3-5-9-16(14)17/h2-11,17H,1H3. The quantitative estimate of drug-likeness (QED) is 0.705. The van der Waals surface area contributed by atoms with E-state index in [9.17, 15) is 0 Å². The molecular weight excluding hydrogens is 294 g/mol. The van der Waals surface area contributed by atoms with Gasteiger partial charge in [0.1, 0.15) is 0 Å². The lowest BCUT2D eigenvalue weighted by Crippen LogP contribution is -2.25. The van der Waals surface area contributed by atoms with Crippen molar-refractivity contribution in [1.29, 1.82) is 0 Å². The van der Waals surface area contributed by atoms with Gasteiger partial charge < -0.3 is 4.90 Å². The topological polar surface area (TPSA) is 29.0 Å². The number of aromatic nitrogens is 2. The summed E-state index contributed by atoms with van der Waals surface area (Å²) in [5, 5.41) is 0.546. The molecule has 2 aromatic carbocycles. The molecule has 0 fully saturated rings. The van der Waals surface area contributed by atoms with Gasteiger partial charge in [0.25, 0.3) is 0 Å². The van der Waals surface area contributed by atoms with Crippen molar-refractivity contribution in [2.75, 3.05) is 11.9 Å². The third-order valence-corrected chi connectivity index (χ3v) is 4.31. The van der Waals surface area contributed by atoms with Gasteiger partial charge in [0, 0.05) is 7.05 Å². The highest BCUT2D eigenvalue weighted by atomic mass is 35.5. The zero-order chi connectivity index (χ0) is 15.1. The van der Waals surface area contributed by atoms with E-state index in [0.29, 0.717) is 11.0 Å². The molecule has 1 heterocycles. The van der Waals surface area contributed by atoms with Gasteiger partial charge in [-0.15, -0.1) is 0 Å². The van der Waals surface area contributed by atoms with Crippen LogP contribution in [0.1, 0.15) is 17.2 Å². The fourth-order valence-corrected chi connectivity index (χ4v) is 3.25. The average molecular weight is 308 g/mol. The van der Waals surface area contributed by atoms with E-state index < -0.39 is 0 Å². The monoisotopic (exact) mass is 307 g/mol. The molecule has 0 aliphatic heterocycles. The van der Waals surface area contributed by atoms with Gasteiger partial charge in [-0.1, -0.05) is 60.1 Å². The molecule has 4 heteroatoms. The lowest BCUT2D eigenvalue weighted by atomic mass is 10.0. The molecule has 0 saturated carbocycles. The Morgan fingerprint density at radius 3 is 1.91 bits per heavy atom. The minimum absolute atomic E-state index is 0.119. The van der Waals surface area contributed by atoms with Crippen molar-refractivity contribution in [1.82, 2.24) is 9.97 Å². The Kier molecular flexibility index (Phi) is 3.09. The summed E-state index contributed by atoms with van der Waals surface area (Å²) < 4.78 is 0. The van der Waals surface area contributed by atoms with Crippen molar-refractivity contribution in [3.05, 3.63) is 77.1 Å². The van der Waals surface area contributed by atoms with Gasteiger partial charge in [-0.3, -0.25) is 0 Å². The Morgan fingerprint density at radius 1 is 0.864 bits per heavy atom. The third-order valence-electron chi connectivity index (χ3n) is 4.11. The highest BCUT2D eigenvalue weighted by Gasteiger charge is 2.31. The van der Waals surface area contributed by atoms with Gasteiger partial charge in [-0.2, -0.15) is 0 Å². The highest BCUT2D eigenvalue weighted by molar-refractivity contribution is 6.30. The summed E-state index contributed by atoms with van der Waals surface area (Å²) in [7, 11) is 2.02. The number of benzene rings is 2. The Labute approximate surface area is 134 Å². The molecule has 3 aromatic rings. The number of nitrogens with zero attached hydrogens (tertiary/aromatic N) is 3. The molecule has 0 radical (unpaired) electrons. The molecule has 1 aliphatic carbocycles. The summed E-state index contributed by atoms with van der Waals surface area (Å²) >= 11 is 5.89. The largest absolute Gasteiger partial charge is 0.333 e. The number of anilines is 1. The first-order valence-corrected chi connectivity index (χ1v) is 7.52. The molecule has 0 amide bonds. The van der Waals surface area contributed by atoms with Crippen LogP contribution in [-0.2, 0) is 0 Å². The van der Waals surface area contributed by atoms with Crippen LogP contribution in [-0.4, -0.2) is 17.0 Å². The van der Waals surface area contributed by atoms with Crippen LogP contribution in [0.15, 0.2) is 60.9 Å². The van der Waals surface area contributed by atoms with E-state index in [4.69, 9.17) is 11.6 Å². The van der Waals surface area contributed by atoms with Crippen molar-refractivity contribution >= 4 is 17.5 Å². The Hall–Kier alpha value is -2.39. The molecule has 3 nitrogen and oxygen atoms in total. The van der Waals surface area contributed by atoms with E-state index in [1.807, 2.05) is 7.05 Å². The first kappa shape index (κ1) is 13.3. The van der Waals surface area contributed by atoms with Crippen LogP contribution in [0, 0.1) is 0 Å². The van der Waals surface area contributed by atoms with E-state index in [2.05, 4.69) is 63.4 Å². The van der Waals surface area contributed by atoms with E-state index in [1.54, 1.807) is 12.4 Å². The second-order valence-electron chi connectivity index (χ2n) is 5.39. The minimum Gasteiger partial charge on any atom is -0.333 e.